The molecule has 0 amide bonds. The molecule has 1 saturated heterocycles. The minimum atomic E-state index is -3.49. The summed E-state index contributed by atoms with van der Waals surface area (Å²) >= 11 is 5.77. The van der Waals surface area contributed by atoms with Crippen LogP contribution in [0.2, 0.25) is 5.02 Å². The van der Waals surface area contributed by atoms with Gasteiger partial charge in [-0.2, -0.15) is 12.7 Å². The maximum Gasteiger partial charge on any atom is 0.302 e. The lowest BCUT2D eigenvalue weighted by Crippen LogP contribution is -2.39. The molecule has 1 aromatic heterocycles. The minimum Gasteiger partial charge on any atom is -0.254 e. The molecule has 0 unspecified atom stereocenters. The van der Waals surface area contributed by atoms with Crippen LogP contribution in [0, 0.1) is 0 Å². The van der Waals surface area contributed by atoms with E-state index < -0.39 is 10.2 Å². The van der Waals surface area contributed by atoms with Crippen LogP contribution in [0.5, 0.6) is 0 Å². The Balaban J connectivity index is 2.11. The van der Waals surface area contributed by atoms with Gasteiger partial charge in [-0.25, -0.2) is 4.98 Å². The van der Waals surface area contributed by atoms with E-state index in [-0.39, 0.29) is 5.82 Å². The Morgan fingerprint density at radius 2 is 2.00 bits per heavy atom. The third-order valence-electron chi connectivity index (χ3n) is 2.61. The molecule has 1 aliphatic rings. The lowest BCUT2D eigenvalue weighted by molar-refractivity contribution is 0.349. The van der Waals surface area contributed by atoms with E-state index in [9.17, 15) is 8.42 Å². The van der Waals surface area contributed by atoms with Crippen molar-refractivity contribution in [3.63, 3.8) is 0 Å². The van der Waals surface area contributed by atoms with E-state index in [0.29, 0.717) is 18.1 Å². The summed E-state index contributed by atoms with van der Waals surface area (Å²) in [6.45, 7) is 1.13. The summed E-state index contributed by atoms with van der Waals surface area (Å²) < 4.78 is 27.9. The van der Waals surface area contributed by atoms with E-state index in [0.717, 1.165) is 19.3 Å². The van der Waals surface area contributed by atoms with Crippen molar-refractivity contribution in [2.45, 2.75) is 19.3 Å². The molecular weight excluding hydrogens is 262 g/mol. The Labute approximate surface area is 106 Å². The smallest absolute Gasteiger partial charge is 0.254 e. The Hall–Kier alpha value is -0.850. The molecule has 0 radical (unpaired) electrons. The summed E-state index contributed by atoms with van der Waals surface area (Å²) in [4.78, 5) is 3.92. The average Bonchev–Trinajstić information content (AvgIpc) is 2.29. The van der Waals surface area contributed by atoms with Crippen molar-refractivity contribution in [1.29, 1.82) is 0 Å². The quantitative estimate of drug-likeness (QED) is 0.916. The molecule has 17 heavy (non-hydrogen) atoms. The van der Waals surface area contributed by atoms with Crippen molar-refractivity contribution in [1.82, 2.24) is 9.29 Å². The van der Waals surface area contributed by atoms with Crippen LogP contribution in [0.15, 0.2) is 18.3 Å². The van der Waals surface area contributed by atoms with Crippen LogP contribution < -0.4 is 4.72 Å². The molecule has 5 nitrogen and oxygen atoms in total. The zero-order valence-corrected chi connectivity index (χ0v) is 10.8. The summed E-state index contributed by atoms with van der Waals surface area (Å²) in [6, 6.07) is 3.09. The van der Waals surface area contributed by atoms with E-state index in [1.165, 1.54) is 16.6 Å². The number of aromatic nitrogens is 1. The van der Waals surface area contributed by atoms with Gasteiger partial charge in [0.2, 0.25) is 0 Å². The van der Waals surface area contributed by atoms with Gasteiger partial charge >= 0.3 is 10.2 Å². The summed E-state index contributed by atoms with van der Waals surface area (Å²) in [6.07, 6.45) is 4.37. The van der Waals surface area contributed by atoms with Crippen LogP contribution in [-0.4, -0.2) is 30.8 Å². The van der Waals surface area contributed by atoms with E-state index in [1.54, 1.807) is 6.07 Å². The number of halogens is 1. The molecule has 0 bridgehead atoms. The highest BCUT2D eigenvalue weighted by Crippen LogP contribution is 2.17. The number of pyridine rings is 1. The fourth-order valence-electron chi connectivity index (χ4n) is 1.76. The van der Waals surface area contributed by atoms with Crippen molar-refractivity contribution < 1.29 is 8.42 Å². The van der Waals surface area contributed by atoms with Gasteiger partial charge in [-0.1, -0.05) is 18.0 Å². The molecule has 1 aliphatic heterocycles. The van der Waals surface area contributed by atoms with E-state index >= 15 is 0 Å². The first kappa shape index (κ1) is 12.6. The van der Waals surface area contributed by atoms with E-state index in [2.05, 4.69) is 9.71 Å². The molecule has 0 aliphatic carbocycles. The standard InChI is InChI=1S/C10H14ClN3O2S/c11-9-4-5-12-10(8-9)13-17(15,16)14-6-2-1-3-7-14/h4-5,8H,1-3,6-7H2,(H,12,13). The first-order chi connectivity index (χ1) is 8.08. The highest BCUT2D eigenvalue weighted by molar-refractivity contribution is 7.90. The minimum absolute atomic E-state index is 0.253. The molecule has 0 aromatic carbocycles. The summed E-state index contributed by atoms with van der Waals surface area (Å²) in [5.41, 5.74) is 0. The van der Waals surface area contributed by atoms with Crippen LogP contribution in [-0.2, 0) is 10.2 Å². The lowest BCUT2D eigenvalue weighted by Gasteiger charge is -2.25. The highest BCUT2D eigenvalue weighted by Gasteiger charge is 2.23. The van der Waals surface area contributed by atoms with Gasteiger partial charge in [-0.3, -0.25) is 4.72 Å². The third-order valence-corrected chi connectivity index (χ3v) is 4.36. The normalized spacial score (nSPS) is 17.9. The second-order valence-electron chi connectivity index (χ2n) is 3.93. The molecule has 1 N–H and O–H groups in total. The summed E-state index contributed by atoms with van der Waals surface area (Å²) in [5, 5.41) is 0.455. The van der Waals surface area contributed by atoms with E-state index in [1.807, 2.05) is 0 Å². The van der Waals surface area contributed by atoms with Gasteiger partial charge in [0, 0.05) is 30.4 Å². The van der Waals surface area contributed by atoms with Crippen LogP contribution in [0.25, 0.3) is 0 Å². The van der Waals surface area contributed by atoms with Crippen LogP contribution in [0.1, 0.15) is 19.3 Å². The number of hydrogen-bond acceptors (Lipinski definition) is 3. The molecule has 1 fully saturated rings. The Bertz CT molecular complexity index is 486. The molecule has 2 rings (SSSR count). The zero-order chi connectivity index (χ0) is 12.3. The second-order valence-corrected chi connectivity index (χ2v) is 6.03. The SMILES string of the molecule is O=S(=O)(Nc1cc(Cl)ccn1)N1CCCCC1. The summed E-state index contributed by atoms with van der Waals surface area (Å²) in [5.74, 6) is 0.253. The van der Waals surface area contributed by atoms with Gasteiger partial charge in [-0.05, 0) is 18.9 Å². The molecule has 2 heterocycles. The number of nitrogens with zero attached hydrogens (tertiary/aromatic N) is 2. The maximum atomic E-state index is 12.0. The maximum absolute atomic E-state index is 12.0. The summed E-state index contributed by atoms with van der Waals surface area (Å²) in [7, 11) is -3.49. The highest BCUT2D eigenvalue weighted by atomic mass is 35.5. The molecule has 0 atom stereocenters. The second kappa shape index (κ2) is 5.20. The average molecular weight is 276 g/mol. The first-order valence-electron chi connectivity index (χ1n) is 5.47. The Morgan fingerprint density at radius 3 is 2.65 bits per heavy atom. The van der Waals surface area contributed by atoms with Crippen LogP contribution in [0.3, 0.4) is 0 Å². The fraction of sp³-hybridized carbons (Fsp3) is 0.500. The predicted octanol–water partition coefficient (Wildman–Crippen LogP) is 1.88. The monoisotopic (exact) mass is 275 g/mol. The van der Waals surface area contributed by atoms with Crippen molar-refractivity contribution >= 4 is 27.6 Å². The molecule has 1 aromatic rings. The van der Waals surface area contributed by atoms with Gasteiger partial charge in [0.25, 0.3) is 0 Å². The third kappa shape index (κ3) is 3.31. The van der Waals surface area contributed by atoms with E-state index in [4.69, 9.17) is 11.6 Å². The molecule has 0 saturated carbocycles. The Kier molecular flexibility index (Phi) is 3.86. The van der Waals surface area contributed by atoms with Gasteiger partial charge < -0.3 is 0 Å². The van der Waals surface area contributed by atoms with Crippen molar-refractivity contribution in [3.05, 3.63) is 23.4 Å². The van der Waals surface area contributed by atoms with Gasteiger partial charge in [0.15, 0.2) is 0 Å². The van der Waals surface area contributed by atoms with Crippen LogP contribution in [0.4, 0.5) is 5.82 Å². The number of anilines is 1. The predicted molar refractivity (Wildman–Crippen MR) is 67.2 cm³/mol. The zero-order valence-electron chi connectivity index (χ0n) is 9.26. The number of nitrogens with one attached hydrogen (secondary N) is 1. The molecule has 94 valence electrons. The fourth-order valence-corrected chi connectivity index (χ4v) is 3.17. The number of hydrogen-bond donors (Lipinski definition) is 1. The number of piperidine rings is 1. The van der Waals surface area contributed by atoms with Crippen LogP contribution >= 0.6 is 11.6 Å². The van der Waals surface area contributed by atoms with Gasteiger partial charge in [0.1, 0.15) is 5.82 Å². The van der Waals surface area contributed by atoms with Crippen molar-refractivity contribution in [2.75, 3.05) is 17.8 Å². The molecular formula is C10H14ClN3O2S. The number of rotatable bonds is 3. The topological polar surface area (TPSA) is 62.3 Å². The van der Waals surface area contributed by atoms with Gasteiger partial charge in [0.05, 0.1) is 0 Å². The molecule has 0 spiro atoms. The molecule has 7 heteroatoms. The Morgan fingerprint density at radius 1 is 1.29 bits per heavy atom. The van der Waals surface area contributed by atoms with Crippen molar-refractivity contribution in [3.8, 4) is 0 Å². The largest absolute Gasteiger partial charge is 0.302 e. The first-order valence-corrected chi connectivity index (χ1v) is 7.29. The van der Waals surface area contributed by atoms with Gasteiger partial charge in [-0.15, -0.1) is 0 Å². The van der Waals surface area contributed by atoms with Crippen molar-refractivity contribution in [2.24, 2.45) is 0 Å². The lowest BCUT2D eigenvalue weighted by atomic mass is 10.2.